The summed E-state index contributed by atoms with van der Waals surface area (Å²) in [5.74, 6) is 0.0976. The van der Waals surface area contributed by atoms with Crippen molar-refractivity contribution in [1.82, 2.24) is 5.32 Å². The molecule has 6 heteroatoms. The van der Waals surface area contributed by atoms with E-state index in [1.54, 1.807) is 6.92 Å². The van der Waals surface area contributed by atoms with Gasteiger partial charge in [-0.05, 0) is 64.2 Å². The van der Waals surface area contributed by atoms with Crippen molar-refractivity contribution in [2.24, 2.45) is 0 Å². The number of fused-ring (bicyclic) bond motifs is 3. The molecule has 2 aliphatic heterocycles. The monoisotopic (exact) mass is 373 g/mol. The first kappa shape index (κ1) is 19.5. The summed E-state index contributed by atoms with van der Waals surface area (Å²) in [6.07, 6.45) is 2.60. The van der Waals surface area contributed by atoms with Crippen LogP contribution in [0.1, 0.15) is 52.2 Å². The predicted octanol–water partition coefficient (Wildman–Crippen LogP) is 3.26. The second kappa shape index (κ2) is 7.41. The van der Waals surface area contributed by atoms with Crippen LogP contribution in [0, 0.1) is 0 Å². The van der Waals surface area contributed by atoms with E-state index in [2.05, 4.69) is 22.3 Å². The molecule has 2 amide bonds. The Bertz CT molecular complexity index is 739. The van der Waals surface area contributed by atoms with Gasteiger partial charge in [0.1, 0.15) is 5.60 Å². The van der Waals surface area contributed by atoms with Crippen LogP contribution in [0.3, 0.4) is 0 Å². The zero-order valence-corrected chi connectivity index (χ0v) is 17.1. The quantitative estimate of drug-likeness (QED) is 0.883. The van der Waals surface area contributed by atoms with Crippen molar-refractivity contribution in [2.75, 3.05) is 29.4 Å². The molecule has 0 spiro atoms. The number of nitrogens with one attached hydrogen (secondary N) is 1. The molecule has 0 fully saturated rings. The van der Waals surface area contributed by atoms with Crippen LogP contribution in [0.2, 0.25) is 0 Å². The van der Waals surface area contributed by atoms with Gasteiger partial charge >= 0.3 is 6.09 Å². The number of alkyl carbamates (subject to hydrolysis) is 1. The fraction of sp³-hybridized carbons (Fsp3) is 0.619. The normalized spacial score (nSPS) is 17.2. The van der Waals surface area contributed by atoms with Gasteiger partial charge in [0.15, 0.2) is 0 Å². The molecule has 0 aromatic heterocycles. The Morgan fingerprint density at radius 2 is 1.96 bits per heavy atom. The van der Waals surface area contributed by atoms with E-state index in [1.165, 1.54) is 16.8 Å². The Labute approximate surface area is 161 Å². The number of nitrogens with zero attached hydrogens (tertiary/aromatic N) is 2. The van der Waals surface area contributed by atoms with Gasteiger partial charge in [-0.3, -0.25) is 4.79 Å². The largest absolute Gasteiger partial charge is 0.444 e. The SMILES string of the molecule is CC(=O)N1CCCc2c1ccc1c2N(C[C@H](C)NC(=O)OC(C)(C)C)CC1. The van der Waals surface area contributed by atoms with Crippen LogP contribution in [0.25, 0.3) is 0 Å². The molecule has 148 valence electrons. The fourth-order valence-corrected chi connectivity index (χ4v) is 4.07. The highest BCUT2D eigenvalue weighted by Gasteiger charge is 2.30. The maximum Gasteiger partial charge on any atom is 0.407 e. The van der Waals surface area contributed by atoms with Crippen molar-refractivity contribution in [3.63, 3.8) is 0 Å². The number of carbonyl (C=O) groups excluding carboxylic acids is 2. The van der Waals surface area contributed by atoms with Gasteiger partial charge in [0.05, 0.1) is 0 Å². The van der Waals surface area contributed by atoms with E-state index in [0.717, 1.165) is 44.6 Å². The Balaban J connectivity index is 1.75. The summed E-state index contributed by atoms with van der Waals surface area (Å²) < 4.78 is 5.36. The number of hydrogen-bond acceptors (Lipinski definition) is 4. The molecule has 1 N–H and O–H groups in total. The summed E-state index contributed by atoms with van der Waals surface area (Å²) in [5, 5.41) is 2.93. The third-order valence-electron chi connectivity index (χ3n) is 5.05. The van der Waals surface area contributed by atoms with E-state index >= 15 is 0 Å². The number of hydrogen-bond donors (Lipinski definition) is 1. The molecule has 1 aromatic carbocycles. The van der Waals surface area contributed by atoms with Crippen LogP contribution in [0.4, 0.5) is 16.2 Å². The van der Waals surface area contributed by atoms with Crippen molar-refractivity contribution in [2.45, 2.75) is 65.5 Å². The van der Waals surface area contributed by atoms with Gasteiger partial charge in [-0.25, -0.2) is 4.79 Å². The standard InChI is InChI=1S/C21H31N3O3/c1-14(22-20(26)27-21(3,4)5)13-23-12-10-16-8-9-18-17(19(16)23)7-6-11-24(18)15(2)25/h8-9,14H,6-7,10-13H2,1-5H3,(H,22,26)/t14-/m0/s1. The number of rotatable bonds is 3. The van der Waals surface area contributed by atoms with Gasteiger partial charge in [0, 0.05) is 44.0 Å². The van der Waals surface area contributed by atoms with Crippen molar-refractivity contribution in [3.8, 4) is 0 Å². The minimum atomic E-state index is -0.501. The molecule has 0 radical (unpaired) electrons. The number of amides is 2. The van der Waals surface area contributed by atoms with E-state index in [9.17, 15) is 9.59 Å². The van der Waals surface area contributed by atoms with Crippen LogP contribution in [0.5, 0.6) is 0 Å². The summed E-state index contributed by atoms with van der Waals surface area (Å²) in [5.41, 5.74) is 4.42. The second-order valence-electron chi connectivity index (χ2n) is 8.59. The number of benzene rings is 1. The van der Waals surface area contributed by atoms with Crippen LogP contribution in [-0.2, 0) is 22.4 Å². The Morgan fingerprint density at radius 3 is 2.63 bits per heavy atom. The van der Waals surface area contributed by atoms with E-state index in [1.807, 2.05) is 32.6 Å². The number of anilines is 2. The van der Waals surface area contributed by atoms with E-state index in [4.69, 9.17) is 4.74 Å². The van der Waals surface area contributed by atoms with Crippen molar-refractivity contribution < 1.29 is 14.3 Å². The zero-order chi connectivity index (χ0) is 19.8. The van der Waals surface area contributed by atoms with Crippen molar-refractivity contribution >= 4 is 23.4 Å². The van der Waals surface area contributed by atoms with Gasteiger partial charge in [-0.15, -0.1) is 0 Å². The van der Waals surface area contributed by atoms with Crippen LogP contribution in [-0.4, -0.2) is 43.3 Å². The molecule has 2 aliphatic rings. The lowest BCUT2D eigenvalue weighted by Crippen LogP contribution is -2.44. The van der Waals surface area contributed by atoms with Crippen molar-refractivity contribution in [1.29, 1.82) is 0 Å². The molecule has 3 rings (SSSR count). The molecule has 1 aromatic rings. The van der Waals surface area contributed by atoms with Gasteiger partial charge in [-0.1, -0.05) is 6.07 Å². The predicted molar refractivity (Wildman–Crippen MR) is 108 cm³/mol. The smallest absolute Gasteiger partial charge is 0.407 e. The van der Waals surface area contributed by atoms with Crippen LogP contribution >= 0.6 is 0 Å². The van der Waals surface area contributed by atoms with E-state index in [-0.39, 0.29) is 18.0 Å². The maximum absolute atomic E-state index is 12.0. The van der Waals surface area contributed by atoms with E-state index in [0.29, 0.717) is 0 Å². The minimum absolute atomic E-state index is 0.0332. The second-order valence-corrected chi connectivity index (χ2v) is 8.59. The highest BCUT2D eigenvalue weighted by molar-refractivity contribution is 5.94. The molecule has 0 saturated heterocycles. The number of carbonyl (C=O) groups is 2. The summed E-state index contributed by atoms with van der Waals surface area (Å²) in [6, 6.07) is 4.22. The topological polar surface area (TPSA) is 61.9 Å². The molecule has 27 heavy (non-hydrogen) atoms. The first-order valence-corrected chi connectivity index (χ1v) is 9.83. The summed E-state index contributed by atoms with van der Waals surface area (Å²) >= 11 is 0. The first-order chi connectivity index (χ1) is 12.7. The lowest BCUT2D eigenvalue weighted by atomic mass is 9.96. The highest BCUT2D eigenvalue weighted by Crippen LogP contribution is 2.40. The Kier molecular flexibility index (Phi) is 5.36. The minimum Gasteiger partial charge on any atom is -0.444 e. The lowest BCUT2D eigenvalue weighted by molar-refractivity contribution is -0.116. The third kappa shape index (κ3) is 4.37. The molecular formula is C21H31N3O3. The van der Waals surface area contributed by atoms with Gasteiger partial charge in [0.25, 0.3) is 0 Å². The molecule has 2 heterocycles. The zero-order valence-electron chi connectivity index (χ0n) is 17.1. The van der Waals surface area contributed by atoms with Gasteiger partial charge in [-0.2, -0.15) is 0 Å². The third-order valence-corrected chi connectivity index (χ3v) is 5.05. The lowest BCUT2D eigenvalue weighted by Gasteiger charge is -2.33. The highest BCUT2D eigenvalue weighted by atomic mass is 16.6. The molecule has 1 atom stereocenters. The molecule has 0 aliphatic carbocycles. The van der Waals surface area contributed by atoms with Crippen LogP contribution < -0.4 is 15.1 Å². The van der Waals surface area contributed by atoms with E-state index < -0.39 is 5.60 Å². The average molecular weight is 373 g/mol. The molecular weight excluding hydrogens is 342 g/mol. The number of ether oxygens (including phenoxy) is 1. The molecule has 0 bridgehead atoms. The van der Waals surface area contributed by atoms with Gasteiger partial charge < -0.3 is 19.9 Å². The average Bonchev–Trinajstić information content (AvgIpc) is 2.95. The Morgan fingerprint density at radius 1 is 1.22 bits per heavy atom. The molecule has 0 unspecified atom stereocenters. The van der Waals surface area contributed by atoms with Crippen LogP contribution in [0.15, 0.2) is 12.1 Å². The first-order valence-electron chi connectivity index (χ1n) is 9.83. The van der Waals surface area contributed by atoms with Crippen molar-refractivity contribution in [3.05, 3.63) is 23.3 Å². The summed E-state index contributed by atoms with van der Waals surface area (Å²) in [4.78, 5) is 28.3. The molecule has 6 nitrogen and oxygen atoms in total. The Hall–Kier alpha value is -2.24. The summed E-state index contributed by atoms with van der Waals surface area (Å²) in [6.45, 7) is 11.7. The molecule has 0 saturated carbocycles. The van der Waals surface area contributed by atoms with Gasteiger partial charge in [0.2, 0.25) is 5.91 Å². The summed E-state index contributed by atoms with van der Waals surface area (Å²) in [7, 11) is 0. The maximum atomic E-state index is 12.0. The fourth-order valence-electron chi connectivity index (χ4n) is 4.07.